The molecule has 1 N–H and O–H groups in total. The van der Waals surface area contributed by atoms with Crippen LogP contribution < -0.4 is 0 Å². The number of likely N-dealkylation sites (N-methyl/N-ethyl adjacent to an activating group) is 1. The standard InChI is InChI=1S/C84H137NO8/c1-6-8-10-12-14-16-18-20-22-24-26-28-30-32-34-35-36-37-38-39-40-41-42-43-44-45-46-47-49-51-53-55-57-59-61-63-65-67-69-71-73-75-82(87)93-80(79-92-84(83(88)89)90-77-76-85(3,4)5)78-91-81(86)74-72-70-68-66-64-62-60-58-56-54-52-50-48-33-31-29-27-25-23-21-19-17-15-13-11-9-7-2/h8-11,14-17,20-23,26-29,32,34,36-37,39-40,42-43,45-46,49,51,80,84H,6-7,12-13,18-19,24-25,30-31,33,35,38,41,44,47-48,50,52-79H2,1-5H3/p+1/b10-8-,11-9-,16-14-,17-15-,22-20-,23-21-,28-26-,29-27-,34-32-,37-36-,40-39-,43-42-,46-45-,51-49-. The third-order valence-corrected chi connectivity index (χ3v) is 15.5. The Labute approximate surface area is 571 Å². The number of nitrogens with zero attached hydrogens (tertiary/aromatic N) is 1. The van der Waals surface area contributed by atoms with Crippen molar-refractivity contribution < 1.29 is 42.9 Å². The van der Waals surface area contributed by atoms with Crippen LogP contribution in [0.4, 0.5) is 0 Å². The Morgan fingerprint density at radius 2 is 0.581 bits per heavy atom. The highest BCUT2D eigenvalue weighted by atomic mass is 16.7. The lowest BCUT2D eigenvalue weighted by atomic mass is 10.0. The first-order valence-corrected chi connectivity index (χ1v) is 37.3. The molecular formula is C84H138NO8+. The summed E-state index contributed by atoms with van der Waals surface area (Å²) in [6, 6.07) is 0. The van der Waals surface area contributed by atoms with Crippen molar-refractivity contribution in [2.45, 2.75) is 296 Å². The molecule has 0 amide bonds. The van der Waals surface area contributed by atoms with E-state index in [1.165, 1.54) is 116 Å². The van der Waals surface area contributed by atoms with Crippen LogP contribution in [0.25, 0.3) is 0 Å². The zero-order valence-electron chi connectivity index (χ0n) is 60.1. The normalized spacial score (nSPS) is 13.7. The molecule has 0 fully saturated rings. The molecule has 526 valence electrons. The highest BCUT2D eigenvalue weighted by Crippen LogP contribution is 2.17. The van der Waals surface area contributed by atoms with Crippen molar-refractivity contribution in [2.75, 3.05) is 47.5 Å². The third kappa shape index (κ3) is 73.9. The van der Waals surface area contributed by atoms with Crippen molar-refractivity contribution in [1.29, 1.82) is 0 Å². The number of allylic oxidation sites excluding steroid dienone is 28. The molecule has 0 aliphatic heterocycles. The summed E-state index contributed by atoms with van der Waals surface area (Å²) in [7, 11) is 5.97. The number of ether oxygens (including phenoxy) is 4. The average Bonchev–Trinajstić information content (AvgIpc) is 3.38. The summed E-state index contributed by atoms with van der Waals surface area (Å²) in [5, 5.41) is 9.76. The van der Waals surface area contributed by atoms with Gasteiger partial charge in [0.05, 0.1) is 34.4 Å². The van der Waals surface area contributed by atoms with Gasteiger partial charge in [0.15, 0.2) is 6.10 Å². The second-order valence-electron chi connectivity index (χ2n) is 25.5. The zero-order chi connectivity index (χ0) is 67.5. The third-order valence-electron chi connectivity index (χ3n) is 15.5. The second kappa shape index (κ2) is 72.5. The van der Waals surface area contributed by atoms with E-state index in [1.54, 1.807) is 0 Å². The van der Waals surface area contributed by atoms with Gasteiger partial charge in [-0.2, -0.15) is 0 Å². The molecule has 9 heteroatoms. The molecule has 0 spiro atoms. The van der Waals surface area contributed by atoms with Gasteiger partial charge in [0.25, 0.3) is 6.29 Å². The van der Waals surface area contributed by atoms with Gasteiger partial charge in [-0.05, 0) is 128 Å². The molecule has 0 saturated carbocycles. The summed E-state index contributed by atoms with van der Waals surface area (Å²) >= 11 is 0. The summed E-state index contributed by atoms with van der Waals surface area (Å²) in [5.41, 5.74) is 0. The first kappa shape index (κ1) is 87.7. The fraction of sp³-hybridized carbons (Fsp3) is 0.631. The van der Waals surface area contributed by atoms with E-state index < -0.39 is 24.3 Å². The van der Waals surface area contributed by atoms with Crippen LogP contribution in [0.3, 0.4) is 0 Å². The molecule has 0 heterocycles. The number of quaternary nitrogens is 1. The van der Waals surface area contributed by atoms with Crippen molar-refractivity contribution in [3.63, 3.8) is 0 Å². The van der Waals surface area contributed by atoms with Crippen molar-refractivity contribution in [1.82, 2.24) is 0 Å². The van der Waals surface area contributed by atoms with E-state index in [0.717, 1.165) is 135 Å². The summed E-state index contributed by atoms with van der Waals surface area (Å²) < 4.78 is 23.0. The van der Waals surface area contributed by atoms with E-state index in [4.69, 9.17) is 18.9 Å². The van der Waals surface area contributed by atoms with E-state index in [-0.39, 0.29) is 32.2 Å². The number of carboxylic acids is 1. The molecular weight excluding hydrogens is 1150 g/mol. The molecule has 0 rings (SSSR count). The Kier molecular flexibility index (Phi) is 68.3. The SMILES string of the molecule is CC/C=C\C/C=C\C/C=C\C/C=C\C/C=C\C/C=C\C/C=C\C/C=C\C/C=C\C/C=C\CCCCCCCCCCCCC(=O)OC(COC(=O)CCCCCCCCCCCCCCCC/C=C\C/C=C\C/C=C\C/C=C\CC)COC(OCC[N+](C)(C)C)C(=O)O. The minimum atomic E-state index is -1.52. The first-order chi connectivity index (χ1) is 45.6. The summed E-state index contributed by atoms with van der Waals surface area (Å²) in [6.45, 7) is 4.65. The van der Waals surface area contributed by atoms with Crippen LogP contribution in [0.15, 0.2) is 170 Å². The quantitative estimate of drug-likeness (QED) is 0.0211. The van der Waals surface area contributed by atoms with Gasteiger partial charge in [-0.1, -0.05) is 312 Å². The number of hydrogen-bond acceptors (Lipinski definition) is 7. The summed E-state index contributed by atoms with van der Waals surface area (Å²) in [5.74, 6) is -2.02. The smallest absolute Gasteiger partial charge is 0.361 e. The number of rotatable bonds is 67. The lowest BCUT2D eigenvalue weighted by Crippen LogP contribution is -2.40. The van der Waals surface area contributed by atoms with E-state index in [1.807, 2.05) is 21.1 Å². The maximum absolute atomic E-state index is 13.0. The topological polar surface area (TPSA) is 108 Å². The lowest BCUT2D eigenvalue weighted by Gasteiger charge is -2.25. The summed E-state index contributed by atoms with van der Waals surface area (Å²) in [6.07, 6.45) is 106. The minimum Gasteiger partial charge on any atom is -0.477 e. The molecule has 0 aliphatic carbocycles. The largest absolute Gasteiger partial charge is 0.477 e. The van der Waals surface area contributed by atoms with Crippen LogP contribution in [-0.4, -0.2) is 87.4 Å². The fourth-order valence-electron chi connectivity index (χ4n) is 9.86. The monoisotopic (exact) mass is 1290 g/mol. The van der Waals surface area contributed by atoms with Crippen LogP contribution in [0.1, 0.15) is 284 Å². The number of carbonyl (C=O) groups excluding carboxylic acids is 2. The van der Waals surface area contributed by atoms with Crippen LogP contribution in [0.2, 0.25) is 0 Å². The Hall–Kier alpha value is -5.35. The maximum Gasteiger partial charge on any atom is 0.361 e. The second-order valence-corrected chi connectivity index (χ2v) is 25.5. The molecule has 93 heavy (non-hydrogen) atoms. The van der Waals surface area contributed by atoms with Gasteiger partial charge in [0.2, 0.25) is 0 Å². The number of esters is 2. The number of aliphatic carboxylic acids is 1. The summed E-state index contributed by atoms with van der Waals surface area (Å²) in [4.78, 5) is 37.7. The van der Waals surface area contributed by atoms with Crippen molar-refractivity contribution >= 4 is 17.9 Å². The first-order valence-electron chi connectivity index (χ1n) is 37.3. The minimum absolute atomic E-state index is 0.180. The molecule has 0 bridgehead atoms. The van der Waals surface area contributed by atoms with Crippen molar-refractivity contribution in [3.05, 3.63) is 170 Å². The number of unbranched alkanes of at least 4 members (excludes halogenated alkanes) is 24. The number of hydrogen-bond donors (Lipinski definition) is 1. The predicted molar refractivity (Wildman–Crippen MR) is 400 cm³/mol. The molecule has 9 nitrogen and oxygen atoms in total. The van der Waals surface area contributed by atoms with Gasteiger partial charge in [0, 0.05) is 12.8 Å². The molecule has 2 unspecified atom stereocenters. The van der Waals surface area contributed by atoms with Gasteiger partial charge < -0.3 is 28.5 Å². The van der Waals surface area contributed by atoms with E-state index in [9.17, 15) is 19.5 Å². The molecule has 0 aromatic carbocycles. The lowest BCUT2D eigenvalue weighted by molar-refractivity contribution is -0.870. The molecule has 0 aromatic rings. The molecule has 0 aliphatic rings. The molecule has 2 atom stereocenters. The van der Waals surface area contributed by atoms with Crippen LogP contribution >= 0.6 is 0 Å². The Balaban J connectivity index is 4.14. The van der Waals surface area contributed by atoms with Gasteiger partial charge in [-0.25, -0.2) is 4.79 Å². The Bertz CT molecular complexity index is 2140. The molecule has 0 saturated heterocycles. The van der Waals surface area contributed by atoms with Gasteiger partial charge in [-0.15, -0.1) is 0 Å². The van der Waals surface area contributed by atoms with Gasteiger partial charge in [-0.3, -0.25) is 9.59 Å². The molecule has 0 aromatic heterocycles. The van der Waals surface area contributed by atoms with Gasteiger partial charge in [0.1, 0.15) is 13.2 Å². The van der Waals surface area contributed by atoms with E-state index in [0.29, 0.717) is 23.9 Å². The maximum atomic E-state index is 13.0. The van der Waals surface area contributed by atoms with Crippen molar-refractivity contribution in [3.8, 4) is 0 Å². The highest BCUT2D eigenvalue weighted by Gasteiger charge is 2.25. The van der Waals surface area contributed by atoms with Crippen LogP contribution in [-0.2, 0) is 33.3 Å². The number of carbonyl (C=O) groups is 3. The average molecular weight is 1290 g/mol. The van der Waals surface area contributed by atoms with E-state index in [2.05, 4.69) is 184 Å². The van der Waals surface area contributed by atoms with Crippen LogP contribution in [0, 0.1) is 0 Å². The van der Waals surface area contributed by atoms with Crippen molar-refractivity contribution in [2.24, 2.45) is 0 Å². The molecule has 0 radical (unpaired) electrons. The van der Waals surface area contributed by atoms with E-state index >= 15 is 0 Å². The highest BCUT2D eigenvalue weighted by molar-refractivity contribution is 5.71. The van der Waals surface area contributed by atoms with Crippen LogP contribution in [0.5, 0.6) is 0 Å². The van der Waals surface area contributed by atoms with Gasteiger partial charge >= 0.3 is 17.9 Å². The zero-order valence-corrected chi connectivity index (χ0v) is 60.1. The number of carboxylic acid groups (broad SMARTS) is 1. The Morgan fingerprint density at radius 3 is 0.860 bits per heavy atom. The predicted octanol–water partition coefficient (Wildman–Crippen LogP) is 23.8. The Morgan fingerprint density at radius 1 is 0.323 bits per heavy atom. The fourth-order valence-corrected chi connectivity index (χ4v) is 9.86.